The molecule has 0 bridgehead atoms. The number of nitrogens with zero attached hydrogens (tertiary/aromatic N) is 3. The SMILES string of the molecule is O=C(NCCc1c[nH]c(=O)[nH]c1=O)c1cn(CC[C@@H]2CCCCN2)nn1. The van der Waals surface area contributed by atoms with Gasteiger partial charge in [-0.3, -0.25) is 19.3 Å². The zero-order valence-corrected chi connectivity index (χ0v) is 14.5. The number of nitrogens with one attached hydrogen (secondary N) is 4. The van der Waals surface area contributed by atoms with Crippen molar-refractivity contribution in [2.75, 3.05) is 13.1 Å². The molecule has 2 aromatic heterocycles. The summed E-state index contributed by atoms with van der Waals surface area (Å²) in [7, 11) is 0. The summed E-state index contributed by atoms with van der Waals surface area (Å²) in [5.41, 5.74) is -0.362. The molecule has 1 atom stereocenters. The van der Waals surface area contributed by atoms with Crippen LogP contribution in [0.25, 0.3) is 0 Å². The molecule has 1 aliphatic rings. The molecule has 10 heteroatoms. The van der Waals surface area contributed by atoms with E-state index in [1.54, 1.807) is 10.9 Å². The lowest BCUT2D eigenvalue weighted by Crippen LogP contribution is -2.34. The monoisotopic (exact) mass is 361 g/mol. The van der Waals surface area contributed by atoms with E-state index in [1.165, 1.54) is 25.5 Å². The fourth-order valence-corrected chi connectivity index (χ4v) is 2.99. The highest BCUT2D eigenvalue weighted by atomic mass is 16.2. The zero-order chi connectivity index (χ0) is 18.4. The van der Waals surface area contributed by atoms with Gasteiger partial charge in [0.25, 0.3) is 11.5 Å². The first-order valence-electron chi connectivity index (χ1n) is 8.84. The largest absolute Gasteiger partial charge is 0.350 e. The summed E-state index contributed by atoms with van der Waals surface area (Å²) in [5.74, 6) is -0.340. The van der Waals surface area contributed by atoms with Crippen LogP contribution in [0.2, 0.25) is 0 Å². The van der Waals surface area contributed by atoms with Gasteiger partial charge in [-0.15, -0.1) is 5.10 Å². The molecule has 26 heavy (non-hydrogen) atoms. The van der Waals surface area contributed by atoms with Gasteiger partial charge in [0.1, 0.15) is 0 Å². The van der Waals surface area contributed by atoms with Crippen molar-refractivity contribution in [1.29, 1.82) is 0 Å². The van der Waals surface area contributed by atoms with Crippen LogP contribution >= 0.6 is 0 Å². The summed E-state index contributed by atoms with van der Waals surface area (Å²) in [4.78, 5) is 39.2. The maximum atomic E-state index is 12.1. The lowest BCUT2D eigenvalue weighted by molar-refractivity contribution is 0.0949. The van der Waals surface area contributed by atoms with Crippen molar-refractivity contribution in [3.63, 3.8) is 0 Å². The summed E-state index contributed by atoms with van der Waals surface area (Å²) in [6.07, 6.45) is 7.90. The van der Waals surface area contributed by atoms with E-state index in [0.717, 1.165) is 13.0 Å². The third-order valence-corrected chi connectivity index (χ3v) is 4.47. The Morgan fingerprint density at radius 1 is 1.35 bits per heavy atom. The Kier molecular flexibility index (Phi) is 5.95. The van der Waals surface area contributed by atoms with Gasteiger partial charge in [0.2, 0.25) is 0 Å². The van der Waals surface area contributed by atoms with E-state index in [0.29, 0.717) is 24.6 Å². The molecular formula is C16H23N7O3. The molecule has 0 radical (unpaired) electrons. The van der Waals surface area contributed by atoms with Gasteiger partial charge in [-0.2, -0.15) is 0 Å². The van der Waals surface area contributed by atoms with Crippen LogP contribution in [-0.2, 0) is 13.0 Å². The van der Waals surface area contributed by atoms with Gasteiger partial charge < -0.3 is 15.6 Å². The van der Waals surface area contributed by atoms with Crippen molar-refractivity contribution in [1.82, 2.24) is 35.6 Å². The van der Waals surface area contributed by atoms with E-state index in [4.69, 9.17) is 0 Å². The maximum Gasteiger partial charge on any atom is 0.325 e. The van der Waals surface area contributed by atoms with Crippen molar-refractivity contribution in [2.45, 2.75) is 44.7 Å². The second-order valence-corrected chi connectivity index (χ2v) is 6.41. The van der Waals surface area contributed by atoms with E-state index in [9.17, 15) is 14.4 Å². The van der Waals surface area contributed by atoms with Gasteiger partial charge in [0.05, 0.1) is 6.20 Å². The van der Waals surface area contributed by atoms with E-state index >= 15 is 0 Å². The summed E-state index contributed by atoms with van der Waals surface area (Å²) >= 11 is 0. The average molecular weight is 361 g/mol. The van der Waals surface area contributed by atoms with Crippen LogP contribution in [0.4, 0.5) is 0 Å². The molecule has 2 aromatic rings. The lowest BCUT2D eigenvalue weighted by Gasteiger charge is -2.23. The second kappa shape index (κ2) is 8.56. The number of rotatable bonds is 7. The molecule has 0 aromatic carbocycles. The van der Waals surface area contributed by atoms with Crippen LogP contribution in [0.3, 0.4) is 0 Å². The number of H-pyrrole nitrogens is 2. The summed E-state index contributed by atoms with van der Waals surface area (Å²) in [6.45, 7) is 2.03. The highest BCUT2D eigenvalue weighted by Gasteiger charge is 2.14. The van der Waals surface area contributed by atoms with Gasteiger partial charge >= 0.3 is 5.69 Å². The molecule has 3 rings (SSSR count). The molecule has 1 saturated heterocycles. The molecule has 1 aliphatic heterocycles. The van der Waals surface area contributed by atoms with E-state index in [1.807, 2.05) is 0 Å². The zero-order valence-electron chi connectivity index (χ0n) is 14.5. The first-order valence-corrected chi connectivity index (χ1v) is 8.84. The lowest BCUT2D eigenvalue weighted by atomic mass is 10.0. The highest BCUT2D eigenvalue weighted by Crippen LogP contribution is 2.10. The van der Waals surface area contributed by atoms with E-state index in [-0.39, 0.29) is 18.1 Å². The molecule has 0 aliphatic carbocycles. The Morgan fingerprint density at radius 3 is 3.00 bits per heavy atom. The molecule has 4 N–H and O–H groups in total. The normalized spacial score (nSPS) is 17.2. The molecule has 1 amide bonds. The highest BCUT2D eigenvalue weighted by molar-refractivity contribution is 5.91. The summed E-state index contributed by atoms with van der Waals surface area (Å²) in [6, 6.07) is 0.501. The predicted molar refractivity (Wildman–Crippen MR) is 94.0 cm³/mol. The van der Waals surface area contributed by atoms with Gasteiger partial charge in [-0.1, -0.05) is 11.6 Å². The third-order valence-electron chi connectivity index (χ3n) is 4.47. The minimum absolute atomic E-state index is 0.247. The topological polar surface area (TPSA) is 138 Å². The quantitative estimate of drug-likeness (QED) is 0.507. The van der Waals surface area contributed by atoms with Gasteiger partial charge in [-0.25, -0.2) is 4.79 Å². The molecule has 0 saturated carbocycles. The number of aryl methyl sites for hydroxylation is 1. The van der Waals surface area contributed by atoms with Crippen molar-refractivity contribution < 1.29 is 4.79 Å². The number of amides is 1. The maximum absolute atomic E-state index is 12.1. The Balaban J connectivity index is 1.45. The molecule has 0 spiro atoms. The van der Waals surface area contributed by atoms with Crippen LogP contribution in [0.15, 0.2) is 22.0 Å². The van der Waals surface area contributed by atoms with Gasteiger partial charge in [0, 0.05) is 30.9 Å². The average Bonchev–Trinajstić information content (AvgIpc) is 3.12. The second-order valence-electron chi connectivity index (χ2n) is 6.41. The molecule has 10 nitrogen and oxygen atoms in total. The van der Waals surface area contributed by atoms with E-state index in [2.05, 4.69) is 30.9 Å². The minimum atomic E-state index is -0.553. The van der Waals surface area contributed by atoms with Gasteiger partial charge in [0.15, 0.2) is 5.69 Å². The van der Waals surface area contributed by atoms with Crippen molar-refractivity contribution in [2.24, 2.45) is 0 Å². The predicted octanol–water partition coefficient (Wildman–Crippen LogP) is -0.841. The van der Waals surface area contributed by atoms with Crippen molar-refractivity contribution in [3.05, 3.63) is 44.5 Å². The Labute approximate surface area is 149 Å². The van der Waals surface area contributed by atoms with Gasteiger partial charge in [-0.05, 0) is 32.2 Å². The van der Waals surface area contributed by atoms with Crippen molar-refractivity contribution in [3.8, 4) is 0 Å². The van der Waals surface area contributed by atoms with E-state index < -0.39 is 11.2 Å². The fraction of sp³-hybridized carbons (Fsp3) is 0.562. The summed E-state index contributed by atoms with van der Waals surface area (Å²) < 4.78 is 1.68. The number of aromatic amines is 2. The molecular weight excluding hydrogens is 338 g/mol. The fourth-order valence-electron chi connectivity index (χ4n) is 2.99. The molecule has 140 valence electrons. The van der Waals surface area contributed by atoms with Crippen LogP contribution in [0.5, 0.6) is 0 Å². The number of carbonyl (C=O) groups is 1. The van der Waals surface area contributed by atoms with Crippen LogP contribution in [0.1, 0.15) is 41.7 Å². The van der Waals surface area contributed by atoms with Crippen molar-refractivity contribution >= 4 is 5.91 Å². The Hall–Kier alpha value is -2.75. The Bertz CT molecular complexity index is 848. The first kappa shape index (κ1) is 18.1. The number of hydrogen-bond donors (Lipinski definition) is 4. The molecule has 3 heterocycles. The minimum Gasteiger partial charge on any atom is -0.350 e. The number of piperidine rings is 1. The molecule has 1 fully saturated rings. The standard InChI is InChI=1S/C16H23N7O3/c24-14-11(9-19-16(26)20-14)4-7-18-15(25)13-10-23(22-21-13)8-5-12-3-1-2-6-17-12/h9-10,12,17H,1-8H2,(H,18,25)(H2,19,20,24,26)/t12-/m0/s1. The summed E-state index contributed by atoms with van der Waals surface area (Å²) in [5, 5.41) is 14.1. The number of aromatic nitrogens is 5. The Morgan fingerprint density at radius 2 is 2.23 bits per heavy atom. The van der Waals surface area contributed by atoms with Crippen LogP contribution < -0.4 is 21.9 Å². The smallest absolute Gasteiger partial charge is 0.325 e. The van der Waals surface area contributed by atoms with Crippen LogP contribution in [0, 0.1) is 0 Å². The molecule has 0 unspecified atom stereocenters. The third kappa shape index (κ3) is 4.88. The number of hydrogen-bond acceptors (Lipinski definition) is 6. The van der Waals surface area contributed by atoms with Crippen LogP contribution in [-0.4, -0.2) is 50.0 Å². The first-order chi connectivity index (χ1) is 12.6. The number of carbonyl (C=O) groups excluding carboxylic acids is 1.